The van der Waals surface area contributed by atoms with Crippen molar-refractivity contribution in [1.82, 2.24) is 5.32 Å². The number of methoxy groups -OCH3 is 2. The molecule has 1 N–H and O–H groups in total. The summed E-state index contributed by atoms with van der Waals surface area (Å²) in [7, 11) is 3.36. The first kappa shape index (κ1) is 14.8. The van der Waals surface area contributed by atoms with Crippen LogP contribution in [0.3, 0.4) is 0 Å². The molecule has 0 aliphatic carbocycles. The van der Waals surface area contributed by atoms with Crippen LogP contribution in [0.4, 0.5) is 0 Å². The van der Waals surface area contributed by atoms with Crippen molar-refractivity contribution in [2.24, 2.45) is 5.41 Å². The molecule has 1 aromatic carbocycles. The molecule has 0 radical (unpaired) electrons. The Labute approximate surface area is 110 Å². The van der Waals surface area contributed by atoms with E-state index in [2.05, 4.69) is 39.1 Å². The SMILES string of the molecule is CCNC(c1cccc(OC)c1OC)C(C)(C)C. The summed E-state index contributed by atoms with van der Waals surface area (Å²) in [6, 6.07) is 6.26. The van der Waals surface area contributed by atoms with Crippen molar-refractivity contribution >= 4 is 0 Å². The van der Waals surface area contributed by atoms with Crippen molar-refractivity contribution in [1.29, 1.82) is 0 Å². The van der Waals surface area contributed by atoms with Gasteiger partial charge in [0.25, 0.3) is 0 Å². The lowest BCUT2D eigenvalue weighted by molar-refractivity contribution is 0.264. The predicted molar refractivity (Wildman–Crippen MR) is 75.4 cm³/mol. The molecule has 102 valence electrons. The summed E-state index contributed by atoms with van der Waals surface area (Å²) in [5, 5.41) is 3.53. The Bertz CT molecular complexity index is 383. The minimum absolute atomic E-state index is 0.107. The highest BCUT2D eigenvalue weighted by Crippen LogP contribution is 2.41. The second kappa shape index (κ2) is 6.10. The fourth-order valence-corrected chi connectivity index (χ4v) is 2.23. The highest BCUT2D eigenvalue weighted by molar-refractivity contribution is 5.48. The zero-order chi connectivity index (χ0) is 13.8. The van der Waals surface area contributed by atoms with Crippen molar-refractivity contribution in [2.45, 2.75) is 33.7 Å². The van der Waals surface area contributed by atoms with E-state index in [1.54, 1.807) is 14.2 Å². The van der Waals surface area contributed by atoms with E-state index < -0.39 is 0 Å². The first-order chi connectivity index (χ1) is 8.45. The predicted octanol–water partition coefficient (Wildman–Crippen LogP) is 3.40. The van der Waals surface area contributed by atoms with Crippen LogP contribution in [0.2, 0.25) is 0 Å². The first-order valence-corrected chi connectivity index (χ1v) is 6.40. The van der Waals surface area contributed by atoms with Gasteiger partial charge >= 0.3 is 0 Å². The number of hydrogen-bond donors (Lipinski definition) is 1. The second-order valence-electron chi connectivity index (χ2n) is 5.44. The summed E-state index contributed by atoms with van der Waals surface area (Å²) in [5.74, 6) is 1.60. The molecule has 1 unspecified atom stereocenters. The molecule has 0 fully saturated rings. The molecule has 0 aromatic heterocycles. The summed E-state index contributed by atoms with van der Waals surface area (Å²) in [6.07, 6.45) is 0. The Morgan fingerprint density at radius 2 is 1.83 bits per heavy atom. The van der Waals surface area contributed by atoms with Crippen LogP contribution in [0.15, 0.2) is 18.2 Å². The van der Waals surface area contributed by atoms with Crippen LogP contribution >= 0.6 is 0 Å². The third kappa shape index (κ3) is 3.16. The van der Waals surface area contributed by atoms with Gasteiger partial charge in [-0.05, 0) is 18.0 Å². The van der Waals surface area contributed by atoms with Gasteiger partial charge in [0.15, 0.2) is 11.5 Å². The molecule has 0 bridgehead atoms. The van der Waals surface area contributed by atoms with Crippen LogP contribution in [-0.2, 0) is 0 Å². The Hall–Kier alpha value is -1.22. The Kier molecular flexibility index (Phi) is 5.03. The van der Waals surface area contributed by atoms with Crippen molar-refractivity contribution in [3.8, 4) is 11.5 Å². The van der Waals surface area contributed by atoms with E-state index in [0.29, 0.717) is 0 Å². The molecular weight excluding hydrogens is 226 g/mol. The quantitative estimate of drug-likeness (QED) is 0.870. The maximum absolute atomic E-state index is 5.52. The normalized spacial score (nSPS) is 13.2. The zero-order valence-corrected chi connectivity index (χ0v) is 12.3. The van der Waals surface area contributed by atoms with E-state index in [4.69, 9.17) is 9.47 Å². The van der Waals surface area contributed by atoms with Crippen LogP contribution in [-0.4, -0.2) is 20.8 Å². The molecule has 1 rings (SSSR count). The van der Waals surface area contributed by atoms with E-state index in [0.717, 1.165) is 23.6 Å². The smallest absolute Gasteiger partial charge is 0.165 e. The Balaban J connectivity index is 3.27. The Morgan fingerprint density at radius 3 is 2.28 bits per heavy atom. The summed E-state index contributed by atoms with van der Waals surface area (Å²) >= 11 is 0. The largest absolute Gasteiger partial charge is 0.493 e. The lowest BCUT2D eigenvalue weighted by Crippen LogP contribution is -2.32. The van der Waals surface area contributed by atoms with E-state index in [-0.39, 0.29) is 11.5 Å². The van der Waals surface area contributed by atoms with Gasteiger partial charge in [0, 0.05) is 11.6 Å². The van der Waals surface area contributed by atoms with Crippen molar-refractivity contribution < 1.29 is 9.47 Å². The van der Waals surface area contributed by atoms with Gasteiger partial charge in [-0.3, -0.25) is 0 Å². The van der Waals surface area contributed by atoms with E-state index in [1.807, 2.05) is 12.1 Å². The van der Waals surface area contributed by atoms with Crippen molar-refractivity contribution in [3.63, 3.8) is 0 Å². The highest BCUT2D eigenvalue weighted by atomic mass is 16.5. The van der Waals surface area contributed by atoms with E-state index >= 15 is 0 Å². The third-order valence-corrected chi connectivity index (χ3v) is 3.02. The summed E-state index contributed by atoms with van der Waals surface area (Å²) in [6.45, 7) is 9.70. The van der Waals surface area contributed by atoms with Gasteiger partial charge < -0.3 is 14.8 Å². The van der Waals surface area contributed by atoms with Crippen LogP contribution in [0, 0.1) is 5.41 Å². The molecule has 1 aromatic rings. The first-order valence-electron chi connectivity index (χ1n) is 6.40. The Morgan fingerprint density at radius 1 is 1.17 bits per heavy atom. The molecule has 0 saturated heterocycles. The summed E-state index contributed by atoms with van der Waals surface area (Å²) in [4.78, 5) is 0. The second-order valence-corrected chi connectivity index (χ2v) is 5.44. The highest BCUT2D eigenvalue weighted by Gasteiger charge is 2.28. The maximum atomic E-state index is 5.52. The topological polar surface area (TPSA) is 30.5 Å². The minimum Gasteiger partial charge on any atom is -0.493 e. The molecular formula is C15H25NO2. The monoisotopic (exact) mass is 251 g/mol. The van der Waals surface area contributed by atoms with Crippen LogP contribution in [0.25, 0.3) is 0 Å². The van der Waals surface area contributed by atoms with E-state index in [1.165, 1.54) is 0 Å². The number of rotatable bonds is 5. The number of nitrogens with one attached hydrogen (secondary N) is 1. The average molecular weight is 251 g/mol. The fourth-order valence-electron chi connectivity index (χ4n) is 2.23. The fraction of sp³-hybridized carbons (Fsp3) is 0.600. The molecule has 0 amide bonds. The molecule has 1 atom stereocenters. The minimum atomic E-state index is 0.107. The average Bonchev–Trinajstić information content (AvgIpc) is 2.33. The molecule has 3 heteroatoms. The van der Waals surface area contributed by atoms with Gasteiger partial charge in [0.05, 0.1) is 14.2 Å². The molecule has 0 saturated carbocycles. The van der Waals surface area contributed by atoms with E-state index in [9.17, 15) is 0 Å². The number of para-hydroxylation sites is 1. The number of benzene rings is 1. The molecule has 0 aliphatic heterocycles. The lowest BCUT2D eigenvalue weighted by atomic mass is 9.82. The molecule has 0 aliphatic rings. The lowest BCUT2D eigenvalue weighted by Gasteiger charge is -2.33. The molecule has 0 heterocycles. The standard InChI is InChI=1S/C15H25NO2/c1-7-16-14(15(2,3)4)11-9-8-10-12(17-5)13(11)18-6/h8-10,14,16H,7H2,1-6H3. The van der Waals surface area contributed by atoms with Crippen LogP contribution < -0.4 is 14.8 Å². The number of hydrogen-bond acceptors (Lipinski definition) is 3. The van der Waals surface area contributed by atoms with Gasteiger partial charge in [-0.2, -0.15) is 0 Å². The van der Waals surface area contributed by atoms with Gasteiger partial charge in [-0.15, -0.1) is 0 Å². The van der Waals surface area contributed by atoms with Gasteiger partial charge in [0.1, 0.15) is 0 Å². The summed E-state index contributed by atoms with van der Waals surface area (Å²) in [5.41, 5.74) is 1.25. The summed E-state index contributed by atoms with van der Waals surface area (Å²) < 4.78 is 10.9. The third-order valence-electron chi connectivity index (χ3n) is 3.02. The molecule has 0 spiro atoms. The van der Waals surface area contributed by atoms with Crippen LogP contribution in [0.5, 0.6) is 11.5 Å². The molecule has 18 heavy (non-hydrogen) atoms. The zero-order valence-electron chi connectivity index (χ0n) is 12.3. The molecule has 3 nitrogen and oxygen atoms in total. The van der Waals surface area contributed by atoms with Gasteiger partial charge in [-0.1, -0.05) is 39.8 Å². The maximum Gasteiger partial charge on any atom is 0.165 e. The van der Waals surface area contributed by atoms with Gasteiger partial charge in [-0.25, -0.2) is 0 Å². The number of ether oxygens (including phenoxy) is 2. The van der Waals surface area contributed by atoms with Crippen molar-refractivity contribution in [2.75, 3.05) is 20.8 Å². The van der Waals surface area contributed by atoms with Crippen LogP contribution in [0.1, 0.15) is 39.3 Å². The van der Waals surface area contributed by atoms with Crippen molar-refractivity contribution in [3.05, 3.63) is 23.8 Å². The van der Waals surface area contributed by atoms with Gasteiger partial charge in [0.2, 0.25) is 0 Å².